The summed E-state index contributed by atoms with van der Waals surface area (Å²) in [5.74, 6) is -0.268. The zero-order valence-electron chi connectivity index (χ0n) is 20.1. The van der Waals surface area contributed by atoms with E-state index in [9.17, 15) is 9.59 Å². The highest BCUT2D eigenvalue weighted by atomic mass is 32.2. The molecule has 1 saturated heterocycles. The fourth-order valence-electron chi connectivity index (χ4n) is 4.79. The Balaban J connectivity index is 1.62. The van der Waals surface area contributed by atoms with Gasteiger partial charge < -0.3 is 14.5 Å². The lowest BCUT2D eigenvalue weighted by Gasteiger charge is -2.37. The Morgan fingerprint density at radius 2 is 1.77 bits per heavy atom. The third-order valence-corrected chi connectivity index (χ3v) is 7.43. The van der Waals surface area contributed by atoms with Gasteiger partial charge in [0, 0.05) is 24.4 Å². The second kappa shape index (κ2) is 10.1. The van der Waals surface area contributed by atoms with E-state index in [2.05, 4.69) is 4.90 Å². The van der Waals surface area contributed by atoms with Crippen LogP contribution < -0.4 is 0 Å². The Hall–Kier alpha value is -3.32. The van der Waals surface area contributed by atoms with Gasteiger partial charge in [-0.25, -0.2) is 9.79 Å². The first-order chi connectivity index (χ1) is 17.1. The number of likely N-dealkylation sites (tertiary alicyclic amines) is 1. The highest BCUT2D eigenvalue weighted by molar-refractivity contribution is 8.16. The second-order valence-corrected chi connectivity index (χ2v) is 9.75. The van der Waals surface area contributed by atoms with Crippen LogP contribution in [0, 0.1) is 6.92 Å². The Morgan fingerprint density at radius 1 is 1.06 bits per heavy atom. The predicted octanol–water partition coefficient (Wildman–Crippen LogP) is 5.28. The van der Waals surface area contributed by atoms with E-state index in [0.29, 0.717) is 11.3 Å². The molecule has 0 radical (unpaired) electrons. The molecule has 7 heteroatoms. The van der Waals surface area contributed by atoms with E-state index in [-0.39, 0.29) is 24.9 Å². The molecule has 0 saturated carbocycles. The lowest BCUT2D eigenvalue weighted by atomic mass is 9.91. The van der Waals surface area contributed by atoms with Gasteiger partial charge in [-0.1, -0.05) is 71.9 Å². The van der Waals surface area contributed by atoms with Crippen LogP contribution in [0.1, 0.15) is 48.9 Å². The van der Waals surface area contributed by atoms with Gasteiger partial charge in [0.1, 0.15) is 0 Å². The third-order valence-electron chi connectivity index (χ3n) is 6.54. The van der Waals surface area contributed by atoms with Gasteiger partial charge in [0.15, 0.2) is 5.17 Å². The molecule has 0 spiro atoms. The number of rotatable bonds is 6. The molecule has 1 unspecified atom stereocenters. The van der Waals surface area contributed by atoms with E-state index < -0.39 is 6.04 Å². The number of benzene rings is 2. The summed E-state index contributed by atoms with van der Waals surface area (Å²) in [5, 5.41) is 2.77. The fourth-order valence-corrected chi connectivity index (χ4v) is 5.70. The minimum Gasteiger partial charge on any atom is -0.463 e. The van der Waals surface area contributed by atoms with Crippen LogP contribution in [0.4, 0.5) is 0 Å². The van der Waals surface area contributed by atoms with Crippen molar-refractivity contribution in [2.24, 2.45) is 4.99 Å². The van der Waals surface area contributed by atoms with Crippen molar-refractivity contribution in [3.63, 3.8) is 0 Å². The van der Waals surface area contributed by atoms with Gasteiger partial charge in [0.2, 0.25) is 5.91 Å². The molecule has 5 rings (SSSR count). The van der Waals surface area contributed by atoms with Crippen LogP contribution in [0.25, 0.3) is 5.70 Å². The number of amidine groups is 1. The van der Waals surface area contributed by atoms with Crippen molar-refractivity contribution in [1.29, 1.82) is 0 Å². The number of thioether (sulfide) groups is 1. The van der Waals surface area contributed by atoms with Crippen molar-refractivity contribution in [3.8, 4) is 0 Å². The number of hydrogen-bond acceptors (Lipinski definition) is 6. The number of ether oxygens (including phenoxy) is 1. The highest BCUT2D eigenvalue weighted by Gasteiger charge is 2.42. The number of hydrogen-bond donors (Lipinski definition) is 0. The molecule has 1 amide bonds. The van der Waals surface area contributed by atoms with Crippen LogP contribution in [0.3, 0.4) is 0 Å². The lowest BCUT2D eigenvalue weighted by Crippen LogP contribution is -2.38. The zero-order valence-corrected chi connectivity index (χ0v) is 20.9. The first-order valence-corrected chi connectivity index (χ1v) is 13.0. The molecule has 3 aliphatic rings. The number of fused-ring (bicyclic) bond motifs is 1. The number of nitrogens with zero attached hydrogens (tertiary/aromatic N) is 3. The number of carbonyl (C=O) groups excluding carboxylic acids is 2. The first-order valence-electron chi connectivity index (χ1n) is 12.1. The van der Waals surface area contributed by atoms with Crippen LogP contribution in [-0.4, -0.2) is 46.5 Å². The number of aliphatic imine (C=N–C) groups is 1. The van der Waals surface area contributed by atoms with Gasteiger partial charge >= 0.3 is 5.97 Å². The van der Waals surface area contributed by atoms with E-state index in [1.165, 1.54) is 11.8 Å². The van der Waals surface area contributed by atoms with Crippen molar-refractivity contribution in [3.05, 3.63) is 88.0 Å². The quantitative estimate of drug-likeness (QED) is 0.519. The van der Waals surface area contributed by atoms with Crippen LogP contribution >= 0.6 is 11.8 Å². The number of aryl methyl sites for hydroxylation is 1. The molecule has 6 nitrogen and oxygen atoms in total. The second-order valence-electron chi connectivity index (χ2n) is 8.92. The van der Waals surface area contributed by atoms with Crippen LogP contribution in [0.2, 0.25) is 0 Å². The van der Waals surface area contributed by atoms with Crippen molar-refractivity contribution in [2.45, 2.75) is 39.2 Å². The Labute approximate surface area is 210 Å². The van der Waals surface area contributed by atoms with Crippen LogP contribution in [0.5, 0.6) is 0 Å². The molecule has 0 bridgehead atoms. The van der Waals surface area contributed by atoms with E-state index >= 15 is 0 Å². The molecule has 0 N–H and O–H groups in total. The summed E-state index contributed by atoms with van der Waals surface area (Å²) in [6.45, 7) is 5.75. The number of carbonyl (C=O) groups is 2. The van der Waals surface area contributed by atoms with E-state index in [4.69, 9.17) is 9.73 Å². The first kappa shape index (κ1) is 23.4. The molecule has 0 aliphatic carbocycles. The van der Waals surface area contributed by atoms with E-state index in [1.807, 2.05) is 78.8 Å². The lowest BCUT2D eigenvalue weighted by molar-refractivity contribution is -0.139. The summed E-state index contributed by atoms with van der Waals surface area (Å²) in [5.41, 5.74) is 4.94. The molecular weight excluding hydrogens is 458 g/mol. The SMILES string of the molecule is CCOC(=O)C1=C(c2ccccc2)N=C2SC=C(CC(=O)N3CCCC3)N2C1c1ccc(C)cc1. The maximum Gasteiger partial charge on any atom is 0.338 e. The summed E-state index contributed by atoms with van der Waals surface area (Å²) >= 11 is 1.50. The van der Waals surface area contributed by atoms with Gasteiger partial charge in [-0.3, -0.25) is 4.79 Å². The van der Waals surface area contributed by atoms with Crippen LogP contribution in [-0.2, 0) is 14.3 Å². The Bertz CT molecular complexity index is 1210. The molecule has 3 heterocycles. The third kappa shape index (κ3) is 4.65. The molecular formula is C28H29N3O3S. The van der Waals surface area contributed by atoms with Crippen molar-refractivity contribution < 1.29 is 14.3 Å². The Kier molecular flexibility index (Phi) is 6.77. The van der Waals surface area contributed by atoms with Gasteiger partial charge in [0.25, 0.3) is 0 Å². The van der Waals surface area contributed by atoms with Gasteiger partial charge in [-0.15, -0.1) is 0 Å². The average Bonchev–Trinajstić information content (AvgIpc) is 3.55. The maximum atomic E-state index is 13.5. The zero-order chi connectivity index (χ0) is 24.4. The molecule has 3 aliphatic heterocycles. The summed E-state index contributed by atoms with van der Waals surface area (Å²) in [6, 6.07) is 17.5. The summed E-state index contributed by atoms with van der Waals surface area (Å²) in [4.78, 5) is 35.5. The number of esters is 1. The summed E-state index contributed by atoms with van der Waals surface area (Å²) in [7, 11) is 0. The van der Waals surface area contributed by atoms with Crippen LogP contribution in [0.15, 0.2) is 76.3 Å². The molecule has 1 fully saturated rings. The largest absolute Gasteiger partial charge is 0.463 e. The monoisotopic (exact) mass is 487 g/mol. The van der Waals surface area contributed by atoms with E-state index in [1.54, 1.807) is 0 Å². The van der Waals surface area contributed by atoms with Crippen molar-refractivity contribution >= 4 is 34.5 Å². The smallest absolute Gasteiger partial charge is 0.338 e. The summed E-state index contributed by atoms with van der Waals surface area (Å²) in [6.07, 6.45) is 2.39. The predicted molar refractivity (Wildman–Crippen MR) is 139 cm³/mol. The molecule has 2 aromatic rings. The molecule has 35 heavy (non-hydrogen) atoms. The minimum absolute atomic E-state index is 0.119. The molecule has 180 valence electrons. The molecule has 2 aromatic carbocycles. The standard InChI is InChI=1S/C28H29N3O3S/c1-3-34-27(33)24-25(20-9-5-4-6-10-20)29-28-31(26(24)21-13-11-19(2)12-14-21)22(18-35-28)17-23(32)30-15-7-8-16-30/h4-6,9-14,18,26H,3,7-8,15-17H2,1-2H3. The van der Waals surface area contributed by atoms with Crippen molar-refractivity contribution in [1.82, 2.24) is 9.80 Å². The minimum atomic E-state index is -0.440. The van der Waals surface area contributed by atoms with E-state index in [0.717, 1.165) is 53.5 Å². The van der Waals surface area contributed by atoms with Gasteiger partial charge in [0.05, 0.1) is 30.3 Å². The average molecular weight is 488 g/mol. The summed E-state index contributed by atoms with van der Waals surface area (Å²) < 4.78 is 5.56. The molecule has 1 atom stereocenters. The topological polar surface area (TPSA) is 62.2 Å². The van der Waals surface area contributed by atoms with Crippen molar-refractivity contribution in [2.75, 3.05) is 19.7 Å². The normalized spacial score (nSPS) is 19.4. The number of amides is 1. The van der Waals surface area contributed by atoms with Gasteiger partial charge in [-0.2, -0.15) is 0 Å². The fraction of sp³-hybridized carbons (Fsp3) is 0.321. The highest BCUT2D eigenvalue weighted by Crippen LogP contribution is 2.47. The maximum absolute atomic E-state index is 13.5. The Morgan fingerprint density at radius 3 is 2.46 bits per heavy atom. The van der Waals surface area contributed by atoms with Gasteiger partial charge in [-0.05, 0) is 37.7 Å². The molecule has 0 aromatic heterocycles.